The van der Waals surface area contributed by atoms with E-state index in [0.717, 1.165) is 12.1 Å². The first-order valence-electron chi connectivity index (χ1n) is 9.27. The third kappa shape index (κ3) is 4.80. The fraction of sp³-hybridized carbons (Fsp3) is 0.174. The van der Waals surface area contributed by atoms with Crippen molar-refractivity contribution in [3.8, 4) is 5.75 Å². The molecule has 0 aliphatic rings. The minimum Gasteiger partial charge on any atom is -0.410 e. The molecule has 3 aromatic rings. The van der Waals surface area contributed by atoms with E-state index >= 15 is 0 Å². The zero-order chi connectivity index (χ0) is 21.8. The molecule has 1 amide bonds. The minimum absolute atomic E-state index is 0.135. The molecule has 0 bridgehead atoms. The van der Waals surface area contributed by atoms with Gasteiger partial charge in [-0.3, -0.25) is 5.32 Å². The zero-order valence-electron chi connectivity index (χ0n) is 16.1. The van der Waals surface area contributed by atoms with E-state index in [1.165, 1.54) is 36.4 Å². The molecule has 0 radical (unpaired) electrons. The third-order valence-corrected chi connectivity index (χ3v) is 4.74. The van der Waals surface area contributed by atoms with Crippen molar-refractivity contribution >= 4 is 11.8 Å². The summed E-state index contributed by atoms with van der Waals surface area (Å²) >= 11 is 0. The minimum atomic E-state index is -4.51. The molecule has 1 atom stereocenters. The molecule has 0 saturated carbocycles. The van der Waals surface area contributed by atoms with Crippen molar-refractivity contribution in [2.75, 3.05) is 5.32 Å². The molecular formula is C23H20F3NO3. The molecule has 7 heteroatoms. The summed E-state index contributed by atoms with van der Waals surface area (Å²) in [4.78, 5) is 12.0. The van der Waals surface area contributed by atoms with Crippen LogP contribution in [0.3, 0.4) is 0 Å². The Kier molecular flexibility index (Phi) is 6.12. The largest absolute Gasteiger partial charge is 0.417 e. The third-order valence-electron chi connectivity index (χ3n) is 4.74. The Morgan fingerprint density at radius 3 is 2.13 bits per heavy atom. The number of carbonyl (C=O) groups is 1. The predicted octanol–water partition coefficient (Wildman–Crippen LogP) is 5.96. The summed E-state index contributed by atoms with van der Waals surface area (Å²) in [7, 11) is 0. The summed E-state index contributed by atoms with van der Waals surface area (Å²) < 4.78 is 44.4. The van der Waals surface area contributed by atoms with Crippen LogP contribution in [0, 0.1) is 0 Å². The van der Waals surface area contributed by atoms with Crippen LogP contribution in [0.4, 0.5) is 23.7 Å². The van der Waals surface area contributed by atoms with Gasteiger partial charge in [-0.15, -0.1) is 0 Å². The first kappa shape index (κ1) is 21.4. The number of halogens is 3. The van der Waals surface area contributed by atoms with E-state index < -0.39 is 23.4 Å². The molecule has 4 nitrogen and oxygen atoms in total. The lowest BCUT2D eigenvalue weighted by Gasteiger charge is -2.29. The van der Waals surface area contributed by atoms with Gasteiger partial charge in [-0.05, 0) is 53.9 Å². The van der Waals surface area contributed by atoms with E-state index in [-0.39, 0.29) is 17.7 Å². The van der Waals surface area contributed by atoms with Crippen LogP contribution < -0.4 is 10.1 Å². The molecule has 156 valence electrons. The topological polar surface area (TPSA) is 58.6 Å². The number of ether oxygens (including phenoxy) is 1. The molecule has 3 rings (SSSR count). The van der Waals surface area contributed by atoms with Crippen molar-refractivity contribution in [2.45, 2.75) is 25.1 Å². The van der Waals surface area contributed by atoms with Gasteiger partial charge in [-0.1, -0.05) is 49.4 Å². The Morgan fingerprint density at radius 2 is 1.53 bits per heavy atom. The van der Waals surface area contributed by atoms with Crippen LogP contribution in [-0.2, 0) is 11.8 Å². The number of para-hydroxylation sites is 1. The number of hydrogen-bond acceptors (Lipinski definition) is 3. The van der Waals surface area contributed by atoms with Crippen LogP contribution in [0.2, 0.25) is 0 Å². The first-order chi connectivity index (χ1) is 14.2. The van der Waals surface area contributed by atoms with Gasteiger partial charge >= 0.3 is 12.3 Å². The van der Waals surface area contributed by atoms with Crippen LogP contribution in [0.1, 0.15) is 30.0 Å². The van der Waals surface area contributed by atoms with Gasteiger partial charge in [0.2, 0.25) is 0 Å². The first-order valence-corrected chi connectivity index (χ1v) is 9.27. The number of amides is 1. The molecule has 2 N–H and O–H groups in total. The number of anilines is 1. The second kappa shape index (κ2) is 8.59. The van der Waals surface area contributed by atoms with Crippen LogP contribution in [-0.4, -0.2) is 11.2 Å². The number of alkyl halides is 3. The molecule has 3 aromatic carbocycles. The van der Waals surface area contributed by atoms with E-state index in [2.05, 4.69) is 5.32 Å². The number of nitrogens with one attached hydrogen (secondary N) is 1. The van der Waals surface area contributed by atoms with Crippen molar-refractivity contribution in [3.63, 3.8) is 0 Å². The van der Waals surface area contributed by atoms with Crippen LogP contribution in [0.5, 0.6) is 5.75 Å². The van der Waals surface area contributed by atoms with Crippen LogP contribution in [0.15, 0.2) is 78.9 Å². The summed E-state index contributed by atoms with van der Waals surface area (Å²) in [5.41, 5.74) is -1.35. The van der Waals surface area contributed by atoms with Crippen molar-refractivity contribution < 1.29 is 27.8 Å². The molecule has 0 saturated heterocycles. The molecule has 30 heavy (non-hydrogen) atoms. The van der Waals surface area contributed by atoms with Gasteiger partial charge in [0.1, 0.15) is 11.4 Å². The summed E-state index contributed by atoms with van der Waals surface area (Å²) in [5, 5.41) is 13.7. The zero-order valence-corrected chi connectivity index (χ0v) is 16.1. The Hall–Kier alpha value is -3.32. The monoisotopic (exact) mass is 415 g/mol. The van der Waals surface area contributed by atoms with Crippen molar-refractivity contribution in [2.24, 2.45) is 0 Å². The molecular weight excluding hydrogens is 395 g/mol. The molecule has 0 heterocycles. The Bertz CT molecular complexity index is 1000. The number of benzene rings is 3. The Balaban J connectivity index is 1.79. The van der Waals surface area contributed by atoms with Gasteiger partial charge in [0.05, 0.1) is 5.56 Å². The van der Waals surface area contributed by atoms with E-state index in [4.69, 9.17) is 4.74 Å². The molecule has 0 fully saturated rings. The lowest BCUT2D eigenvalue weighted by atomic mass is 9.83. The highest BCUT2D eigenvalue weighted by Crippen LogP contribution is 2.37. The maximum absolute atomic E-state index is 13.1. The predicted molar refractivity (Wildman–Crippen MR) is 107 cm³/mol. The fourth-order valence-electron chi connectivity index (χ4n) is 3.10. The SMILES string of the molecule is CCC(O)(c1ccc(OC(=O)Nc2ccccc2)cc1)c1cccc(C(F)(F)F)c1. The van der Waals surface area contributed by atoms with Gasteiger partial charge in [0.25, 0.3) is 0 Å². The van der Waals surface area contributed by atoms with E-state index in [1.807, 2.05) is 6.07 Å². The highest BCUT2D eigenvalue weighted by molar-refractivity contribution is 5.86. The summed E-state index contributed by atoms with van der Waals surface area (Å²) in [5.74, 6) is 0.231. The average molecular weight is 415 g/mol. The summed E-state index contributed by atoms with van der Waals surface area (Å²) in [6.07, 6.45) is -5.03. The van der Waals surface area contributed by atoms with Crippen LogP contribution in [0.25, 0.3) is 0 Å². The van der Waals surface area contributed by atoms with Gasteiger partial charge in [0.15, 0.2) is 0 Å². The maximum atomic E-state index is 13.1. The molecule has 0 aliphatic heterocycles. The fourth-order valence-corrected chi connectivity index (χ4v) is 3.10. The number of hydrogen-bond donors (Lipinski definition) is 2. The van der Waals surface area contributed by atoms with E-state index in [0.29, 0.717) is 11.3 Å². The van der Waals surface area contributed by atoms with Gasteiger partial charge in [-0.25, -0.2) is 4.79 Å². The van der Waals surface area contributed by atoms with E-state index in [9.17, 15) is 23.1 Å². The van der Waals surface area contributed by atoms with Crippen molar-refractivity contribution in [1.29, 1.82) is 0 Å². The van der Waals surface area contributed by atoms with Gasteiger partial charge < -0.3 is 9.84 Å². The lowest BCUT2D eigenvalue weighted by molar-refractivity contribution is -0.137. The number of aliphatic hydroxyl groups is 1. The van der Waals surface area contributed by atoms with Crippen molar-refractivity contribution in [1.82, 2.24) is 0 Å². The second-order valence-corrected chi connectivity index (χ2v) is 6.70. The highest BCUT2D eigenvalue weighted by atomic mass is 19.4. The lowest BCUT2D eigenvalue weighted by Crippen LogP contribution is -2.27. The number of rotatable bonds is 5. The van der Waals surface area contributed by atoms with Gasteiger partial charge in [0, 0.05) is 5.69 Å². The Labute approximate surface area is 171 Å². The van der Waals surface area contributed by atoms with Crippen LogP contribution >= 0.6 is 0 Å². The maximum Gasteiger partial charge on any atom is 0.417 e. The highest BCUT2D eigenvalue weighted by Gasteiger charge is 2.35. The standard InChI is InChI=1S/C23H20F3NO3/c1-2-22(29,17-7-6-8-18(15-17)23(24,25)26)16-11-13-20(14-12-16)30-21(28)27-19-9-4-3-5-10-19/h3-15,29H,2H2,1H3,(H,27,28). The molecule has 0 aliphatic carbocycles. The normalized spacial score (nSPS) is 13.4. The molecule has 1 unspecified atom stereocenters. The summed E-state index contributed by atoms with van der Waals surface area (Å²) in [6, 6.07) is 19.4. The molecule has 0 spiro atoms. The molecule has 0 aromatic heterocycles. The summed E-state index contributed by atoms with van der Waals surface area (Å²) in [6.45, 7) is 1.68. The smallest absolute Gasteiger partial charge is 0.410 e. The van der Waals surface area contributed by atoms with Crippen molar-refractivity contribution in [3.05, 3.63) is 95.6 Å². The second-order valence-electron chi connectivity index (χ2n) is 6.70. The van der Waals surface area contributed by atoms with Gasteiger partial charge in [-0.2, -0.15) is 13.2 Å². The quantitative estimate of drug-likeness (QED) is 0.540. The average Bonchev–Trinajstić information content (AvgIpc) is 2.74. The van der Waals surface area contributed by atoms with E-state index in [1.54, 1.807) is 31.2 Å². The Morgan fingerprint density at radius 1 is 0.900 bits per heavy atom. The number of carbonyl (C=O) groups excluding carboxylic acids is 1.